The molecular weight excluding hydrogens is 238 g/mol. The van der Waals surface area contributed by atoms with Gasteiger partial charge in [-0.2, -0.15) is 0 Å². The van der Waals surface area contributed by atoms with Crippen LogP contribution in [0.2, 0.25) is 0 Å². The predicted octanol–water partition coefficient (Wildman–Crippen LogP) is 1.75. The number of anilines is 2. The first-order valence-corrected chi connectivity index (χ1v) is 7.15. The summed E-state index contributed by atoms with van der Waals surface area (Å²) in [5.74, 6) is 2.82. The molecule has 1 aromatic heterocycles. The molecule has 2 rings (SSSR count). The molecule has 5 nitrogen and oxygen atoms in total. The summed E-state index contributed by atoms with van der Waals surface area (Å²) in [5.41, 5.74) is 0. The Morgan fingerprint density at radius 1 is 1.37 bits per heavy atom. The van der Waals surface area contributed by atoms with Crippen LogP contribution < -0.4 is 10.2 Å². The molecule has 1 aliphatic heterocycles. The minimum absolute atomic E-state index is 0.566. The molecule has 1 N–H and O–H groups in total. The SMILES string of the molecule is CCCNc1cc(N2CCN(C)C(C)C2)nc(C)n1. The summed E-state index contributed by atoms with van der Waals surface area (Å²) < 4.78 is 0. The van der Waals surface area contributed by atoms with E-state index in [0.717, 1.165) is 50.1 Å². The van der Waals surface area contributed by atoms with E-state index in [1.54, 1.807) is 0 Å². The fraction of sp³-hybridized carbons (Fsp3) is 0.714. The van der Waals surface area contributed by atoms with Crippen molar-refractivity contribution >= 4 is 11.6 Å². The Balaban J connectivity index is 2.13. The quantitative estimate of drug-likeness (QED) is 0.896. The number of aromatic nitrogens is 2. The van der Waals surface area contributed by atoms with Gasteiger partial charge < -0.3 is 15.1 Å². The predicted molar refractivity (Wildman–Crippen MR) is 79.9 cm³/mol. The van der Waals surface area contributed by atoms with Crippen LogP contribution in [0.1, 0.15) is 26.1 Å². The third-order valence-electron chi connectivity index (χ3n) is 3.66. The minimum Gasteiger partial charge on any atom is -0.370 e. The van der Waals surface area contributed by atoms with E-state index in [1.165, 1.54) is 0 Å². The summed E-state index contributed by atoms with van der Waals surface area (Å²) in [5, 5.41) is 3.35. The number of piperazine rings is 1. The van der Waals surface area contributed by atoms with E-state index in [0.29, 0.717) is 6.04 Å². The van der Waals surface area contributed by atoms with E-state index in [9.17, 15) is 0 Å². The van der Waals surface area contributed by atoms with Crippen LogP contribution in [0.15, 0.2) is 6.07 Å². The molecule has 19 heavy (non-hydrogen) atoms. The Labute approximate surface area is 116 Å². The monoisotopic (exact) mass is 263 g/mol. The molecule has 1 fully saturated rings. The van der Waals surface area contributed by atoms with Crippen LogP contribution in [-0.4, -0.2) is 54.1 Å². The topological polar surface area (TPSA) is 44.3 Å². The summed E-state index contributed by atoms with van der Waals surface area (Å²) in [6, 6.07) is 2.64. The number of nitrogens with one attached hydrogen (secondary N) is 1. The van der Waals surface area contributed by atoms with Crippen LogP contribution in [0.3, 0.4) is 0 Å². The fourth-order valence-electron chi connectivity index (χ4n) is 2.31. The van der Waals surface area contributed by atoms with Crippen LogP contribution in [0, 0.1) is 6.92 Å². The van der Waals surface area contributed by atoms with Crippen molar-refractivity contribution in [3.8, 4) is 0 Å². The van der Waals surface area contributed by atoms with Crippen LogP contribution >= 0.6 is 0 Å². The smallest absolute Gasteiger partial charge is 0.134 e. The summed E-state index contributed by atoms with van der Waals surface area (Å²) in [4.78, 5) is 13.8. The molecule has 0 aliphatic carbocycles. The van der Waals surface area contributed by atoms with Crippen LogP contribution in [-0.2, 0) is 0 Å². The van der Waals surface area contributed by atoms with Gasteiger partial charge in [0.2, 0.25) is 0 Å². The van der Waals surface area contributed by atoms with E-state index in [1.807, 2.05) is 6.92 Å². The van der Waals surface area contributed by atoms with Gasteiger partial charge in [-0.15, -0.1) is 0 Å². The lowest BCUT2D eigenvalue weighted by molar-refractivity contribution is 0.233. The van der Waals surface area contributed by atoms with Gasteiger partial charge in [-0.3, -0.25) is 0 Å². The van der Waals surface area contributed by atoms with Gasteiger partial charge in [0.1, 0.15) is 17.5 Å². The average molecular weight is 263 g/mol. The molecule has 1 aromatic rings. The first kappa shape index (κ1) is 14.1. The minimum atomic E-state index is 0.566. The van der Waals surface area contributed by atoms with Crippen molar-refractivity contribution in [3.05, 3.63) is 11.9 Å². The van der Waals surface area contributed by atoms with Crippen molar-refractivity contribution < 1.29 is 0 Å². The Kier molecular flexibility index (Phi) is 4.58. The lowest BCUT2D eigenvalue weighted by atomic mass is 10.2. The Morgan fingerprint density at radius 2 is 2.16 bits per heavy atom. The van der Waals surface area contributed by atoms with Gasteiger partial charge in [-0.1, -0.05) is 6.92 Å². The van der Waals surface area contributed by atoms with Gasteiger partial charge >= 0.3 is 0 Å². The third-order valence-corrected chi connectivity index (χ3v) is 3.66. The zero-order valence-corrected chi connectivity index (χ0v) is 12.5. The maximum absolute atomic E-state index is 4.58. The van der Waals surface area contributed by atoms with E-state index in [-0.39, 0.29) is 0 Å². The molecule has 1 aliphatic rings. The summed E-state index contributed by atoms with van der Waals surface area (Å²) in [7, 11) is 2.18. The summed E-state index contributed by atoms with van der Waals surface area (Å²) in [6.07, 6.45) is 1.10. The molecule has 0 saturated carbocycles. The molecule has 0 radical (unpaired) electrons. The summed E-state index contributed by atoms with van der Waals surface area (Å²) >= 11 is 0. The highest BCUT2D eigenvalue weighted by atomic mass is 15.3. The number of aryl methyl sites for hydroxylation is 1. The molecule has 1 unspecified atom stereocenters. The van der Waals surface area contributed by atoms with Gasteiger partial charge in [-0.05, 0) is 27.3 Å². The molecule has 0 amide bonds. The maximum atomic E-state index is 4.58. The molecule has 1 saturated heterocycles. The zero-order valence-electron chi connectivity index (χ0n) is 12.5. The number of hydrogen-bond donors (Lipinski definition) is 1. The van der Waals surface area contributed by atoms with Crippen molar-refractivity contribution in [3.63, 3.8) is 0 Å². The summed E-state index contributed by atoms with van der Waals surface area (Å²) in [6.45, 7) is 10.5. The van der Waals surface area contributed by atoms with Crippen LogP contribution in [0.4, 0.5) is 11.6 Å². The highest BCUT2D eigenvalue weighted by molar-refractivity contribution is 5.49. The van der Waals surface area contributed by atoms with Crippen molar-refractivity contribution in [1.82, 2.24) is 14.9 Å². The van der Waals surface area contributed by atoms with Crippen LogP contribution in [0.25, 0.3) is 0 Å². The second kappa shape index (κ2) is 6.19. The van der Waals surface area contributed by atoms with Crippen molar-refractivity contribution in [2.75, 3.05) is 43.4 Å². The molecule has 0 spiro atoms. The highest BCUT2D eigenvalue weighted by Crippen LogP contribution is 2.19. The van der Waals surface area contributed by atoms with Crippen molar-refractivity contribution in [2.45, 2.75) is 33.2 Å². The van der Waals surface area contributed by atoms with Gasteiger partial charge in [-0.25, -0.2) is 9.97 Å². The van der Waals surface area contributed by atoms with Gasteiger partial charge in [0.05, 0.1) is 0 Å². The fourth-order valence-corrected chi connectivity index (χ4v) is 2.31. The van der Waals surface area contributed by atoms with E-state index in [2.05, 4.69) is 52.0 Å². The van der Waals surface area contributed by atoms with Crippen molar-refractivity contribution in [1.29, 1.82) is 0 Å². The molecule has 0 bridgehead atoms. The second-order valence-electron chi connectivity index (χ2n) is 5.36. The van der Waals surface area contributed by atoms with Crippen LogP contribution in [0.5, 0.6) is 0 Å². The third kappa shape index (κ3) is 3.56. The molecule has 0 aromatic carbocycles. The van der Waals surface area contributed by atoms with E-state index in [4.69, 9.17) is 0 Å². The van der Waals surface area contributed by atoms with Gasteiger partial charge in [0, 0.05) is 38.3 Å². The molecule has 5 heteroatoms. The van der Waals surface area contributed by atoms with E-state index >= 15 is 0 Å². The Morgan fingerprint density at radius 3 is 2.84 bits per heavy atom. The number of hydrogen-bond acceptors (Lipinski definition) is 5. The molecule has 1 atom stereocenters. The largest absolute Gasteiger partial charge is 0.370 e. The molecule has 2 heterocycles. The normalized spacial score (nSPS) is 20.6. The molecule has 106 valence electrons. The second-order valence-corrected chi connectivity index (χ2v) is 5.36. The Hall–Kier alpha value is -1.36. The van der Waals surface area contributed by atoms with Gasteiger partial charge in [0.25, 0.3) is 0 Å². The Bertz CT molecular complexity index is 420. The zero-order chi connectivity index (χ0) is 13.8. The van der Waals surface area contributed by atoms with E-state index < -0.39 is 0 Å². The maximum Gasteiger partial charge on any atom is 0.134 e. The lowest BCUT2D eigenvalue weighted by Gasteiger charge is -2.38. The highest BCUT2D eigenvalue weighted by Gasteiger charge is 2.22. The average Bonchev–Trinajstić information content (AvgIpc) is 2.39. The molecular formula is C14H25N5. The standard InChI is InChI=1S/C14H25N5/c1-5-6-15-13-9-14(17-12(3)16-13)19-8-7-18(4)11(2)10-19/h9,11H,5-8,10H2,1-4H3,(H,15,16,17). The lowest BCUT2D eigenvalue weighted by Crippen LogP contribution is -2.50. The number of nitrogens with zero attached hydrogens (tertiary/aromatic N) is 4. The van der Waals surface area contributed by atoms with Gasteiger partial charge in [0.15, 0.2) is 0 Å². The number of likely N-dealkylation sites (N-methyl/N-ethyl adjacent to an activating group) is 1. The van der Waals surface area contributed by atoms with Crippen molar-refractivity contribution in [2.24, 2.45) is 0 Å². The first-order chi connectivity index (χ1) is 9.10. The first-order valence-electron chi connectivity index (χ1n) is 7.15. The number of rotatable bonds is 4.